The summed E-state index contributed by atoms with van der Waals surface area (Å²) in [5.74, 6) is -0.304. The fourth-order valence-corrected chi connectivity index (χ4v) is 3.16. The van der Waals surface area contributed by atoms with Gasteiger partial charge in [-0.3, -0.25) is 14.8 Å². The molecule has 2 N–H and O–H groups in total. The minimum absolute atomic E-state index is 0.304. The van der Waals surface area contributed by atoms with Crippen molar-refractivity contribution in [1.82, 2.24) is 9.97 Å². The third kappa shape index (κ3) is 3.89. The number of benzene rings is 1. The number of nitrogens with zero attached hydrogens (tertiary/aromatic N) is 3. The van der Waals surface area contributed by atoms with E-state index in [2.05, 4.69) is 15.3 Å². The van der Waals surface area contributed by atoms with E-state index in [4.69, 9.17) is 4.74 Å². The number of hydrogen-bond acceptors (Lipinski definition) is 6. The molecule has 1 atom stereocenters. The van der Waals surface area contributed by atoms with Crippen molar-refractivity contribution in [2.75, 3.05) is 36.5 Å². The molecular weight excluding hydrogens is 344 g/mol. The number of fused-ring (bicyclic) bond motifs is 1. The summed E-state index contributed by atoms with van der Waals surface area (Å²) in [5, 5.41) is 13.8. The minimum Gasteiger partial charge on any atom is -0.389 e. The third-order valence-corrected chi connectivity index (χ3v) is 4.47. The number of anilines is 2. The molecule has 1 unspecified atom stereocenters. The number of para-hydroxylation sites is 1. The predicted molar refractivity (Wildman–Crippen MR) is 103 cm³/mol. The van der Waals surface area contributed by atoms with Crippen LogP contribution >= 0.6 is 0 Å². The minimum atomic E-state index is -0.556. The molecule has 0 spiro atoms. The Kier molecular flexibility index (Phi) is 4.95. The highest BCUT2D eigenvalue weighted by atomic mass is 16.5. The highest BCUT2D eigenvalue weighted by molar-refractivity contribution is 6.07. The summed E-state index contributed by atoms with van der Waals surface area (Å²) in [7, 11) is 0. The summed E-state index contributed by atoms with van der Waals surface area (Å²) < 4.78 is 5.36. The van der Waals surface area contributed by atoms with E-state index in [1.807, 2.05) is 41.3 Å². The van der Waals surface area contributed by atoms with Gasteiger partial charge in [-0.2, -0.15) is 0 Å². The number of aromatic nitrogens is 2. The Morgan fingerprint density at radius 1 is 1.19 bits per heavy atom. The molecule has 1 aromatic carbocycles. The molecule has 3 heterocycles. The Morgan fingerprint density at radius 2 is 2.07 bits per heavy atom. The maximum absolute atomic E-state index is 12.7. The molecule has 0 aliphatic carbocycles. The summed E-state index contributed by atoms with van der Waals surface area (Å²) in [6, 6.07) is 13.0. The fourth-order valence-electron chi connectivity index (χ4n) is 3.16. The molecule has 0 bridgehead atoms. The summed E-state index contributed by atoms with van der Waals surface area (Å²) >= 11 is 0. The molecular formula is C20H20N4O3. The van der Waals surface area contributed by atoms with Crippen LogP contribution in [0.5, 0.6) is 0 Å². The van der Waals surface area contributed by atoms with Gasteiger partial charge in [0.15, 0.2) is 0 Å². The summed E-state index contributed by atoms with van der Waals surface area (Å²) in [5.41, 5.74) is 2.51. The van der Waals surface area contributed by atoms with Crippen molar-refractivity contribution in [2.45, 2.75) is 6.10 Å². The molecule has 1 fully saturated rings. The van der Waals surface area contributed by atoms with E-state index in [1.165, 1.54) is 0 Å². The second-order valence-electron chi connectivity index (χ2n) is 6.41. The molecule has 4 rings (SSSR count). The van der Waals surface area contributed by atoms with Gasteiger partial charge in [-0.15, -0.1) is 0 Å². The van der Waals surface area contributed by atoms with E-state index in [0.29, 0.717) is 37.7 Å². The molecule has 0 saturated carbocycles. The van der Waals surface area contributed by atoms with Crippen molar-refractivity contribution in [2.24, 2.45) is 0 Å². The second-order valence-corrected chi connectivity index (χ2v) is 6.41. The van der Waals surface area contributed by atoms with Crippen LogP contribution in [0.4, 0.5) is 11.4 Å². The summed E-state index contributed by atoms with van der Waals surface area (Å²) in [4.78, 5) is 23.3. The third-order valence-electron chi connectivity index (χ3n) is 4.47. The van der Waals surface area contributed by atoms with Crippen molar-refractivity contribution >= 4 is 28.2 Å². The molecule has 1 saturated heterocycles. The normalized spacial score (nSPS) is 17.5. The van der Waals surface area contributed by atoms with Crippen molar-refractivity contribution in [1.29, 1.82) is 0 Å². The van der Waals surface area contributed by atoms with Crippen LogP contribution < -0.4 is 10.2 Å². The number of β-amino-alcohol motifs (C(OH)–C–C–N with tert-alkyl or cyclic N) is 1. The lowest BCUT2D eigenvalue weighted by atomic mass is 10.2. The van der Waals surface area contributed by atoms with Gasteiger partial charge in [0, 0.05) is 36.6 Å². The topological polar surface area (TPSA) is 87.6 Å². The smallest absolute Gasteiger partial charge is 0.274 e. The largest absolute Gasteiger partial charge is 0.389 e. The molecule has 3 aromatic rings. The first kappa shape index (κ1) is 17.4. The Morgan fingerprint density at radius 3 is 3.00 bits per heavy atom. The van der Waals surface area contributed by atoms with E-state index in [9.17, 15) is 9.90 Å². The highest BCUT2D eigenvalue weighted by Gasteiger charge is 2.18. The quantitative estimate of drug-likeness (QED) is 0.740. The first-order chi connectivity index (χ1) is 13.2. The van der Waals surface area contributed by atoms with E-state index in [0.717, 1.165) is 16.6 Å². The molecule has 7 nitrogen and oxygen atoms in total. The van der Waals surface area contributed by atoms with Gasteiger partial charge >= 0.3 is 0 Å². The van der Waals surface area contributed by atoms with Crippen LogP contribution in [-0.4, -0.2) is 53.4 Å². The zero-order chi connectivity index (χ0) is 18.6. The number of hydrogen-bond donors (Lipinski definition) is 2. The molecule has 7 heteroatoms. The molecule has 2 aromatic heterocycles. The van der Waals surface area contributed by atoms with Gasteiger partial charge in [0.25, 0.3) is 5.91 Å². The number of carbonyl (C=O) groups is 1. The molecule has 1 aliphatic heterocycles. The standard InChI is InChI=1S/C20H20N4O3/c25-16-12-24(9-10-27-13-16)15-6-8-21-18(11-15)20(26)23-17-5-1-3-14-4-2-7-22-19(14)17/h1-8,11,16,25H,9-10,12-13H2,(H,23,26). The van der Waals surface area contributed by atoms with Crippen LogP contribution in [0.3, 0.4) is 0 Å². The molecule has 1 amide bonds. The maximum Gasteiger partial charge on any atom is 0.274 e. The predicted octanol–water partition coefficient (Wildman–Crippen LogP) is 2.08. The monoisotopic (exact) mass is 364 g/mol. The van der Waals surface area contributed by atoms with Gasteiger partial charge < -0.3 is 20.1 Å². The van der Waals surface area contributed by atoms with Gasteiger partial charge in [-0.1, -0.05) is 18.2 Å². The zero-order valence-electron chi connectivity index (χ0n) is 14.7. The van der Waals surface area contributed by atoms with Gasteiger partial charge in [-0.05, 0) is 24.3 Å². The number of aliphatic hydroxyl groups excluding tert-OH is 1. The number of amides is 1. The number of carbonyl (C=O) groups excluding carboxylic acids is 1. The molecule has 0 radical (unpaired) electrons. The van der Waals surface area contributed by atoms with E-state index >= 15 is 0 Å². The summed E-state index contributed by atoms with van der Waals surface area (Å²) in [6.45, 7) is 1.96. The SMILES string of the molecule is O=C(Nc1cccc2cccnc12)c1cc(N2CCOCC(O)C2)ccn1. The van der Waals surface area contributed by atoms with Crippen LogP contribution in [0.1, 0.15) is 10.5 Å². The second kappa shape index (κ2) is 7.69. The van der Waals surface area contributed by atoms with Gasteiger partial charge in [0.1, 0.15) is 5.69 Å². The number of nitrogens with one attached hydrogen (secondary N) is 1. The molecule has 27 heavy (non-hydrogen) atoms. The fraction of sp³-hybridized carbons (Fsp3) is 0.250. The summed E-state index contributed by atoms with van der Waals surface area (Å²) in [6.07, 6.45) is 2.74. The van der Waals surface area contributed by atoms with Crippen molar-refractivity contribution < 1.29 is 14.6 Å². The Hall–Kier alpha value is -3.03. The number of ether oxygens (including phenoxy) is 1. The van der Waals surface area contributed by atoms with E-state index in [1.54, 1.807) is 18.5 Å². The van der Waals surface area contributed by atoms with Gasteiger partial charge in [0.2, 0.25) is 0 Å². The van der Waals surface area contributed by atoms with Crippen molar-refractivity contribution in [3.05, 3.63) is 60.6 Å². The zero-order valence-corrected chi connectivity index (χ0v) is 14.7. The van der Waals surface area contributed by atoms with Crippen molar-refractivity contribution in [3.8, 4) is 0 Å². The first-order valence-corrected chi connectivity index (χ1v) is 8.82. The van der Waals surface area contributed by atoms with Crippen LogP contribution in [0.2, 0.25) is 0 Å². The number of pyridine rings is 2. The number of aliphatic hydroxyl groups is 1. The van der Waals surface area contributed by atoms with Crippen LogP contribution in [0.15, 0.2) is 54.9 Å². The maximum atomic E-state index is 12.7. The highest BCUT2D eigenvalue weighted by Crippen LogP contribution is 2.22. The van der Waals surface area contributed by atoms with Crippen LogP contribution in [0, 0.1) is 0 Å². The Bertz CT molecular complexity index is 957. The lowest BCUT2D eigenvalue weighted by molar-refractivity contribution is 0.0597. The van der Waals surface area contributed by atoms with Gasteiger partial charge in [-0.25, -0.2) is 0 Å². The lowest BCUT2D eigenvalue weighted by Gasteiger charge is -2.23. The van der Waals surface area contributed by atoms with E-state index in [-0.39, 0.29) is 5.91 Å². The van der Waals surface area contributed by atoms with Gasteiger partial charge in [0.05, 0.1) is 30.5 Å². The van der Waals surface area contributed by atoms with E-state index < -0.39 is 6.10 Å². The first-order valence-electron chi connectivity index (χ1n) is 8.82. The average Bonchev–Trinajstić information content (AvgIpc) is 2.93. The average molecular weight is 364 g/mol. The van der Waals surface area contributed by atoms with Crippen LogP contribution in [0.25, 0.3) is 10.9 Å². The lowest BCUT2D eigenvalue weighted by Crippen LogP contribution is -2.32. The Labute approximate surface area is 156 Å². The molecule has 1 aliphatic rings. The molecule has 138 valence electrons. The van der Waals surface area contributed by atoms with Crippen LogP contribution in [-0.2, 0) is 4.74 Å². The number of rotatable bonds is 3. The Balaban J connectivity index is 1.57. The van der Waals surface area contributed by atoms with Crippen molar-refractivity contribution in [3.63, 3.8) is 0 Å².